The molecule has 0 aliphatic carbocycles. The van der Waals surface area contributed by atoms with E-state index in [2.05, 4.69) is 69.2 Å². The van der Waals surface area contributed by atoms with E-state index >= 15 is 0 Å². The van der Waals surface area contributed by atoms with E-state index in [0.717, 1.165) is 5.25 Å². The summed E-state index contributed by atoms with van der Waals surface area (Å²) in [5.74, 6) is 0. The van der Waals surface area contributed by atoms with E-state index in [1.165, 1.54) is 24.2 Å². The lowest BCUT2D eigenvalue weighted by Gasteiger charge is -2.31. The maximum Gasteiger partial charge on any atom is 0.0136 e. The maximum absolute atomic E-state index is 3.48. The summed E-state index contributed by atoms with van der Waals surface area (Å²) in [7, 11) is 2.09. The number of benzene rings is 1. The van der Waals surface area contributed by atoms with Gasteiger partial charge in [-0.2, -0.15) is 0 Å². The molecule has 0 spiro atoms. The molecular formula is C16H25NS. The fraction of sp³-hybridized carbons (Fsp3) is 0.625. The van der Waals surface area contributed by atoms with Gasteiger partial charge in [-0.25, -0.2) is 0 Å². The van der Waals surface area contributed by atoms with Crippen LogP contribution >= 0.6 is 11.8 Å². The lowest BCUT2D eigenvalue weighted by atomic mass is 9.83. The van der Waals surface area contributed by atoms with Gasteiger partial charge < -0.3 is 5.32 Å². The van der Waals surface area contributed by atoms with Crippen molar-refractivity contribution in [1.29, 1.82) is 0 Å². The molecule has 0 radical (unpaired) electrons. The molecule has 100 valence electrons. The zero-order valence-corrected chi connectivity index (χ0v) is 12.8. The SMILES string of the molecule is CNC(CCC1Cc2ccccc2S1)C(C)(C)C. The van der Waals surface area contributed by atoms with Crippen LogP contribution in [-0.4, -0.2) is 18.3 Å². The van der Waals surface area contributed by atoms with Gasteiger partial charge in [0.15, 0.2) is 0 Å². The van der Waals surface area contributed by atoms with Crippen molar-refractivity contribution >= 4 is 11.8 Å². The van der Waals surface area contributed by atoms with E-state index < -0.39 is 0 Å². The molecule has 1 aromatic rings. The highest BCUT2D eigenvalue weighted by Gasteiger charge is 2.26. The molecule has 0 aromatic heterocycles. The number of thioether (sulfide) groups is 1. The standard InChI is InChI=1S/C16H25NS/c1-16(2,3)15(17-4)10-9-13-11-12-7-5-6-8-14(12)18-13/h5-8,13,15,17H,9-11H2,1-4H3. The number of nitrogens with one attached hydrogen (secondary N) is 1. The van der Waals surface area contributed by atoms with Gasteiger partial charge in [0.2, 0.25) is 0 Å². The zero-order chi connectivity index (χ0) is 13.2. The molecule has 1 heterocycles. The van der Waals surface area contributed by atoms with Crippen molar-refractivity contribution < 1.29 is 0 Å². The van der Waals surface area contributed by atoms with E-state index in [1.54, 1.807) is 5.56 Å². The Kier molecular flexibility index (Phi) is 4.39. The largest absolute Gasteiger partial charge is 0.316 e. The van der Waals surface area contributed by atoms with Gasteiger partial charge in [-0.05, 0) is 43.4 Å². The topological polar surface area (TPSA) is 12.0 Å². The Morgan fingerprint density at radius 2 is 2.06 bits per heavy atom. The number of hydrogen-bond acceptors (Lipinski definition) is 2. The third kappa shape index (κ3) is 3.30. The molecular weight excluding hydrogens is 238 g/mol. The third-order valence-corrected chi connectivity index (χ3v) is 5.27. The van der Waals surface area contributed by atoms with Crippen molar-refractivity contribution in [3.63, 3.8) is 0 Å². The van der Waals surface area contributed by atoms with Gasteiger partial charge in [0.1, 0.15) is 0 Å². The molecule has 0 bridgehead atoms. The van der Waals surface area contributed by atoms with Crippen LogP contribution in [0.2, 0.25) is 0 Å². The summed E-state index contributed by atoms with van der Waals surface area (Å²) in [5, 5.41) is 4.26. The molecule has 0 fully saturated rings. The van der Waals surface area contributed by atoms with Crippen LogP contribution in [0.5, 0.6) is 0 Å². The molecule has 1 aliphatic rings. The second-order valence-corrected chi connectivity index (χ2v) is 7.68. The van der Waals surface area contributed by atoms with Crippen LogP contribution in [0.25, 0.3) is 0 Å². The van der Waals surface area contributed by atoms with Gasteiger partial charge >= 0.3 is 0 Å². The van der Waals surface area contributed by atoms with Gasteiger partial charge in [-0.1, -0.05) is 39.0 Å². The van der Waals surface area contributed by atoms with Crippen molar-refractivity contribution in [3.8, 4) is 0 Å². The normalized spacial score (nSPS) is 20.8. The Hall–Kier alpha value is -0.470. The van der Waals surface area contributed by atoms with Crippen LogP contribution in [0.3, 0.4) is 0 Å². The predicted molar refractivity (Wildman–Crippen MR) is 81.3 cm³/mol. The predicted octanol–water partition coefficient (Wildman–Crippen LogP) is 4.12. The minimum atomic E-state index is 0.352. The van der Waals surface area contributed by atoms with Crippen molar-refractivity contribution in [2.24, 2.45) is 5.41 Å². The first kappa shape index (κ1) is 14.0. The zero-order valence-electron chi connectivity index (χ0n) is 12.0. The minimum absolute atomic E-state index is 0.352. The first-order valence-electron chi connectivity index (χ1n) is 6.92. The van der Waals surface area contributed by atoms with Crippen LogP contribution in [0.4, 0.5) is 0 Å². The van der Waals surface area contributed by atoms with Crippen LogP contribution < -0.4 is 5.32 Å². The molecule has 2 atom stereocenters. The summed E-state index contributed by atoms with van der Waals surface area (Å²) in [6.07, 6.45) is 3.83. The van der Waals surface area contributed by atoms with Crippen LogP contribution in [0.15, 0.2) is 29.2 Å². The van der Waals surface area contributed by atoms with Crippen molar-refractivity contribution in [1.82, 2.24) is 5.32 Å². The Morgan fingerprint density at radius 3 is 2.67 bits per heavy atom. The highest BCUT2D eigenvalue weighted by atomic mass is 32.2. The monoisotopic (exact) mass is 263 g/mol. The second-order valence-electron chi connectivity index (χ2n) is 6.34. The van der Waals surface area contributed by atoms with Gasteiger partial charge in [0.05, 0.1) is 0 Å². The number of hydrogen-bond donors (Lipinski definition) is 1. The molecule has 1 N–H and O–H groups in total. The lowest BCUT2D eigenvalue weighted by Crippen LogP contribution is -2.38. The summed E-state index contributed by atoms with van der Waals surface area (Å²) in [5.41, 5.74) is 1.90. The van der Waals surface area contributed by atoms with Crippen LogP contribution in [0, 0.1) is 5.41 Å². The fourth-order valence-corrected chi connectivity index (χ4v) is 4.11. The molecule has 1 aromatic carbocycles. The summed E-state index contributed by atoms with van der Waals surface area (Å²) >= 11 is 2.07. The van der Waals surface area contributed by atoms with Crippen molar-refractivity contribution in [3.05, 3.63) is 29.8 Å². The van der Waals surface area contributed by atoms with E-state index in [-0.39, 0.29) is 0 Å². The molecule has 1 aliphatic heterocycles. The Balaban J connectivity index is 1.87. The van der Waals surface area contributed by atoms with Crippen molar-refractivity contribution in [2.45, 2.75) is 56.2 Å². The third-order valence-electron chi connectivity index (χ3n) is 3.88. The molecule has 2 unspecified atom stereocenters. The van der Waals surface area contributed by atoms with E-state index in [9.17, 15) is 0 Å². The fourth-order valence-electron chi connectivity index (χ4n) is 2.78. The van der Waals surface area contributed by atoms with Crippen LogP contribution in [-0.2, 0) is 6.42 Å². The molecule has 18 heavy (non-hydrogen) atoms. The van der Waals surface area contributed by atoms with Gasteiger partial charge in [0, 0.05) is 16.2 Å². The van der Waals surface area contributed by atoms with Crippen molar-refractivity contribution in [2.75, 3.05) is 7.05 Å². The van der Waals surface area contributed by atoms with E-state index in [1.807, 2.05) is 0 Å². The average molecular weight is 263 g/mol. The smallest absolute Gasteiger partial charge is 0.0136 e. The van der Waals surface area contributed by atoms with E-state index in [4.69, 9.17) is 0 Å². The van der Waals surface area contributed by atoms with Gasteiger partial charge in [-0.3, -0.25) is 0 Å². The quantitative estimate of drug-likeness (QED) is 0.877. The molecule has 2 rings (SSSR count). The number of rotatable bonds is 4. The summed E-state index contributed by atoms with van der Waals surface area (Å²) in [6, 6.07) is 9.47. The van der Waals surface area contributed by atoms with Gasteiger partial charge in [-0.15, -0.1) is 11.8 Å². The first-order chi connectivity index (χ1) is 8.50. The van der Waals surface area contributed by atoms with Crippen LogP contribution in [0.1, 0.15) is 39.2 Å². The van der Waals surface area contributed by atoms with E-state index in [0.29, 0.717) is 11.5 Å². The average Bonchev–Trinajstić information content (AvgIpc) is 2.70. The molecule has 1 nitrogen and oxygen atoms in total. The molecule has 0 saturated carbocycles. The lowest BCUT2D eigenvalue weighted by molar-refractivity contribution is 0.263. The highest BCUT2D eigenvalue weighted by molar-refractivity contribution is 8.00. The summed E-state index contributed by atoms with van der Waals surface area (Å²) < 4.78 is 0. The summed E-state index contributed by atoms with van der Waals surface area (Å²) in [4.78, 5) is 1.50. The highest BCUT2D eigenvalue weighted by Crippen LogP contribution is 2.39. The Labute approximate surface area is 116 Å². The first-order valence-corrected chi connectivity index (χ1v) is 7.80. The maximum atomic E-state index is 3.48. The summed E-state index contributed by atoms with van der Waals surface area (Å²) in [6.45, 7) is 6.97. The Morgan fingerprint density at radius 1 is 1.33 bits per heavy atom. The number of fused-ring (bicyclic) bond motifs is 1. The Bertz CT molecular complexity index is 369. The molecule has 0 saturated heterocycles. The minimum Gasteiger partial charge on any atom is -0.316 e. The molecule has 2 heteroatoms. The van der Waals surface area contributed by atoms with Gasteiger partial charge in [0.25, 0.3) is 0 Å². The second kappa shape index (κ2) is 5.66. The molecule has 0 amide bonds.